The summed E-state index contributed by atoms with van der Waals surface area (Å²) in [6.45, 7) is 5.93. The quantitative estimate of drug-likeness (QED) is 0.875. The lowest BCUT2D eigenvalue weighted by Gasteiger charge is -2.12. The summed E-state index contributed by atoms with van der Waals surface area (Å²) in [5.74, 6) is 0.676. The van der Waals surface area contributed by atoms with E-state index in [0.717, 1.165) is 34.2 Å². The number of hydrogen-bond acceptors (Lipinski definition) is 2. The zero-order valence-corrected chi connectivity index (χ0v) is 11.7. The number of benzene rings is 2. The minimum atomic E-state index is 0.326. The average molecular weight is 256 g/mol. The molecular formula is C17H20O2. The molecule has 0 heterocycles. The lowest BCUT2D eigenvalue weighted by molar-refractivity contribution is 0.457. The van der Waals surface area contributed by atoms with Crippen LogP contribution in [0.3, 0.4) is 0 Å². The highest BCUT2D eigenvalue weighted by Crippen LogP contribution is 2.30. The molecule has 0 aliphatic carbocycles. The summed E-state index contributed by atoms with van der Waals surface area (Å²) in [6, 6.07) is 9.72. The molecule has 0 atom stereocenters. The number of para-hydroxylation sites is 1. The fourth-order valence-electron chi connectivity index (χ4n) is 2.46. The summed E-state index contributed by atoms with van der Waals surface area (Å²) in [4.78, 5) is 0. The van der Waals surface area contributed by atoms with Crippen LogP contribution in [0.4, 0.5) is 0 Å². The Hall–Kier alpha value is -1.96. The zero-order chi connectivity index (χ0) is 14.0. The first-order chi connectivity index (χ1) is 9.02. The van der Waals surface area contributed by atoms with Crippen molar-refractivity contribution in [2.24, 2.45) is 0 Å². The Kier molecular flexibility index (Phi) is 3.79. The molecule has 2 heteroatoms. The van der Waals surface area contributed by atoms with Crippen molar-refractivity contribution >= 4 is 0 Å². The molecule has 0 aliphatic rings. The van der Waals surface area contributed by atoms with Gasteiger partial charge in [0.15, 0.2) is 0 Å². The van der Waals surface area contributed by atoms with Gasteiger partial charge in [0.1, 0.15) is 11.5 Å². The van der Waals surface area contributed by atoms with E-state index in [9.17, 15) is 10.2 Å². The van der Waals surface area contributed by atoms with Gasteiger partial charge in [-0.05, 0) is 42.5 Å². The highest BCUT2D eigenvalue weighted by molar-refractivity contribution is 5.48. The summed E-state index contributed by atoms with van der Waals surface area (Å²) >= 11 is 0. The first-order valence-corrected chi connectivity index (χ1v) is 6.61. The Labute approximate surface area is 114 Å². The van der Waals surface area contributed by atoms with Crippen molar-refractivity contribution in [2.45, 2.75) is 33.6 Å². The number of rotatable bonds is 3. The third-order valence-corrected chi connectivity index (χ3v) is 3.49. The minimum absolute atomic E-state index is 0.326. The van der Waals surface area contributed by atoms with Gasteiger partial charge in [-0.25, -0.2) is 0 Å². The van der Waals surface area contributed by atoms with E-state index in [4.69, 9.17) is 0 Å². The second kappa shape index (κ2) is 5.35. The van der Waals surface area contributed by atoms with Gasteiger partial charge in [0.25, 0.3) is 0 Å². The van der Waals surface area contributed by atoms with E-state index in [1.54, 1.807) is 0 Å². The van der Waals surface area contributed by atoms with E-state index in [2.05, 4.69) is 0 Å². The molecule has 2 nitrogen and oxygen atoms in total. The van der Waals surface area contributed by atoms with E-state index >= 15 is 0 Å². The maximum absolute atomic E-state index is 10.2. The summed E-state index contributed by atoms with van der Waals surface area (Å²) in [7, 11) is 0. The number of phenolic OH excluding ortho intramolecular Hbond substituents is 2. The molecule has 2 aromatic carbocycles. The van der Waals surface area contributed by atoms with Crippen molar-refractivity contribution in [2.75, 3.05) is 0 Å². The van der Waals surface area contributed by atoms with Gasteiger partial charge in [0.05, 0.1) is 0 Å². The SMILES string of the molecule is CCc1cccc(Cc2cc(C)cc(C)c2O)c1O. The summed E-state index contributed by atoms with van der Waals surface area (Å²) in [6.07, 6.45) is 1.35. The molecule has 0 aromatic heterocycles. The van der Waals surface area contributed by atoms with Crippen LogP contribution in [0, 0.1) is 13.8 Å². The van der Waals surface area contributed by atoms with E-state index < -0.39 is 0 Å². The molecule has 0 bridgehead atoms. The van der Waals surface area contributed by atoms with Crippen LogP contribution in [-0.2, 0) is 12.8 Å². The third-order valence-electron chi connectivity index (χ3n) is 3.49. The fourth-order valence-corrected chi connectivity index (χ4v) is 2.46. The van der Waals surface area contributed by atoms with Crippen LogP contribution < -0.4 is 0 Å². The van der Waals surface area contributed by atoms with Crippen molar-refractivity contribution in [3.8, 4) is 11.5 Å². The highest BCUT2D eigenvalue weighted by Gasteiger charge is 2.11. The number of hydrogen-bond donors (Lipinski definition) is 2. The Morgan fingerprint density at radius 1 is 0.895 bits per heavy atom. The van der Waals surface area contributed by atoms with E-state index in [1.165, 1.54) is 0 Å². The van der Waals surface area contributed by atoms with Gasteiger partial charge in [0, 0.05) is 6.42 Å². The standard InChI is InChI=1S/C17H20O2/c1-4-13-6-5-7-14(17(13)19)10-15-9-11(2)8-12(3)16(15)18/h5-9,18-19H,4,10H2,1-3H3. The smallest absolute Gasteiger partial charge is 0.122 e. The predicted molar refractivity (Wildman–Crippen MR) is 77.9 cm³/mol. The number of aromatic hydroxyl groups is 2. The van der Waals surface area contributed by atoms with Crippen LogP contribution in [0.25, 0.3) is 0 Å². The fraction of sp³-hybridized carbons (Fsp3) is 0.294. The lowest BCUT2D eigenvalue weighted by atomic mass is 9.97. The average Bonchev–Trinajstić information content (AvgIpc) is 2.37. The summed E-state index contributed by atoms with van der Waals surface area (Å²) in [5.41, 5.74) is 4.67. The molecule has 2 aromatic rings. The van der Waals surface area contributed by atoms with Crippen LogP contribution >= 0.6 is 0 Å². The molecule has 0 amide bonds. The second-order valence-electron chi connectivity index (χ2n) is 5.04. The molecule has 2 N–H and O–H groups in total. The molecule has 0 saturated carbocycles. The molecule has 0 aliphatic heterocycles. The van der Waals surface area contributed by atoms with Crippen LogP contribution in [0.1, 0.15) is 34.7 Å². The molecule has 19 heavy (non-hydrogen) atoms. The van der Waals surface area contributed by atoms with Crippen molar-refractivity contribution in [1.82, 2.24) is 0 Å². The molecule has 2 rings (SSSR count). The zero-order valence-electron chi connectivity index (χ0n) is 11.7. The third kappa shape index (κ3) is 2.73. The Morgan fingerprint density at radius 2 is 1.58 bits per heavy atom. The topological polar surface area (TPSA) is 40.5 Å². The second-order valence-corrected chi connectivity index (χ2v) is 5.04. The van der Waals surface area contributed by atoms with E-state index in [1.807, 2.05) is 51.1 Å². The monoisotopic (exact) mass is 256 g/mol. The van der Waals surface area contributed by atoms with E-state index in [0.29, 0.717) is 17.9 Å². The number of aryl methyl sites for hydroxylation is 3. The summed E-state index contributed by atoms with van der Waals surface area (Å²) in [5, 5.41) is 20.3. The molecule has 0 spiro atoms. The van der Waals surface area contributed by atoms with Crippen molar-refractivity contribution in [1.29, 1.82) is 0 Å². The Bertz CT molecular complexity index is 600. The van der Waals surface area contributed by atoms with Gasteiger partial charge in [0.2, 0.25) is 0 Å². The molecule has 0 unspecified atom stereocenters. The Balaban J connectivity index is 2.42. The molecule has 0 radical (unpaired) electrons. The Morgan fingerprint density at radius 3 is 2.26 bits per heavy atom. The lowest BCUT2D eigenvalue weighted by Crippen LogP contribution is -1.94. The van der Waals surface area contributed by atoms with Crippen LogP contribution in [-0.4, -0.2) is 10.2 Å². The number of phenols is 2. The van der Waals surface area contributed by atoms with Gasteiger partial charge in [-0.15, -0.1) is 0 Å². The van der Waals surface area contributed by atoms with Crippen LogP contribution in [0.2, 0.25) is 0 Å². The predicted octanol–water partition coefficient (Wildman–Crippen LogP) is 3.87. The van der Waals surface area contributed by atoms with Gasteiger partial charge in [-0.3, -0.25) is 0 Å². The molecule has 0 fully saturated rings. The maximum Gasteiger partial charge on any atom is 0.122 e. The van der Waals surface area contributed by atoms with Gasteiger partial charge in [-0.1, -0.05) is 42.8 Å². The van der Waals surface area contributed by atoms with Gasteiger partial charge >= 0.3 is 0 Å². The van der Waals surface area contributed by atoms with Crippen LogP contribution in [0.15, 0.2) is 30.3 Å². The van der Waals surface area contributed by atoms with Crippen molar-refractivity contribution in [3.63, 3.8) is 0 Å². The summed E-state index contributed by atoms with van der Waals surface area (Å²) < 4.78 is 0. The van der Waals surface area contributed by atoms with Crippen molar-refractivity contribution in [3.05, 3.63) is 58.1 Å². The van der Waals surface area contributed by atoms with Gasteiger partial charge in [-0.2, -0.15) is 0 Å². The normalized spacial score (nSPS) is 10.7. The highest BCUT2D eigenvalue weighted by atomic mass is 16.3. The first kappa shape index (κ1) is 13.5. The maximum atomic E-state index is 10.2. The first-order valence-electron chi connectivity index (χ1n) is 6.61. The van der Waals surface area contributed by atoms with Crippen LogP contribution in [0.5, 0.6) is 11.5 Å². The minimum Gasteiger partial charge on any atom is -0.507 e. The largest absolute Gasteiger partial charge is 0.507 e. The van der Waals surface area contributed by atoms with E-state index in [-0.39, 0.29) is 0 Å². The molecule has 100 valence electrons. The van der Waals surface area contributed by atoms with Crippen molar-refractivity contribution < 1.29 is 10.2 Å². The van der Waals surface area contributed by atoms with Gasteiger partial charge < -0.3 is 10.2 Å². The molecular weight excluding hydrogens is 236 g/mol. The molecule has 0 saturated heterocycles.